The second-order valence-electron chi connectivity index (χ2n) is 3.34. The molecule has 0 spiro atoms. The molecule has 0 saturated carbocycles. The van der Waals surface area contributed by atoms with E-state index in [0.717, 1.165) is 11.1 Å². The van der Waals surface area contributed by atoms with Gasteiger partial charge in [0.05, 0.1) is 0 Å². The van der Waals surface area contributed by atoms with Crippen LogP contribution in [-0.4, -0.2) is 6.04 Å². The van der Waals surface area contributed by atoms with Gasteiger partial charge in [0.15, 0.2) is 0 Å². The zero-order chi connectivity index (χ0) is 10.7. The molecular formula is C11H13Cl2N. The molecule has 1 unspecified atom stereocenters. The van der Waals surface area contributed by atoms with Gasteiger partial charge in [-0.05, 0) is 31.5 Å². The summed E-state index contributed by atoms with van der Waals surface area (Å²) in [7, 11) is 0. The molecule has 1 aromatic rings. The SMILES string of the molecule is C/C(=C\c1ccc(Cl)cc1Cl)C(C)N. The lowest BCUT2D eigenvalue weighted by Crippen LogP contribution is -2.15. The van der Waals surface area contributed by atoms with Gasteiger partial charge in [-0.15, -0.1) is 0 Å². The van der Waals surface area contributed by atoms with Gasteiger partial charge in [-0.3, -0.25) is 0 Å². The van der Waals surface area contributed by atoms with Crippen LogP contribution < -0.4 is 5.73 Å². The van der Waals surface area contributed by atoms with Crippen LogP contribution in [0.4, 0.5) is 0 Å². The molecule has 0 aliphatic carbocycles. The summed E-state index contributed by atoms with van der Waals surface area (Å²) in [5.74, 6) is 0. The van der Waals surface area contributed by atoms with Gasteiger partial charge in [0, 0.05) is 16.1 Å². The number of hydrogen-bond donors (Lipinski definition) is 1. The fourth-order valence-electron chi connectivity index (χ4n) is 0.995. The van der Waals surface area contributed by atoms with Crippen molar-refractivity contribution >= 4 is 29.3 Å². The molecule has 14 heavy (non-hydrogen) atoms. The molecular weight excluding hydrogens is 217 g/mol. The Kier molecular flexibility index (Phi) is 3.99. The van der Waals surface area contributed by atoms with E-state index in [1.165, 1.54) is 0 Å². The predicted octanol–water partition coefficient (Wildman–Crippen LogP) is 3.74. The molecule has 1 aromatic carbocycles. The number of rotatable bonds is 2. The highest BCUT2D eigenvalue weighted by Gasteiger charge is 2.01. The molecule has 1 rings (SSSR count). The van der Waals surface area contributed by atoms with E-state index in [9.17, 15) is 0 Å². The van der Waals surface area contributed by atoms with E-state index in [1.807, 2.05) is 32.1 Å². The van der Waals surface area contributed by atoms with Crippen molar-refractivity contribution in [3.63, 3.8) is 0 Å². The van der Waals surface area contributed by atoms with Crippen LogP contribution in [0, 0.1) is 0 Å². The quantitative estimate of drug-likeness (QED) is 0.822. The Balaban J connectivity index is 3.03. The maximum Gasteiger partial charge on any atom is 0.0493 e. The first-order valence-electron chi connectivity index (χ1n) is 4.39. The van der Waals surface area contributed by atoms with Crippen LogP contribution in [0.2, 0.25) is 10.0 Å². The highest BCUT2D eigenvalue weighted by molar-refractivity contribution is 6.35. The molecule has 1 nitrogen and oxygen atoms in total. The third kappa shape index (κ3) is 3.02. The van der Waals surface area contributed by atoms with E-state index < -0.39 is 0 Å². The highest BCUT2D eigenvalue weighted by Crippen LogP contribution is 2.23. The van der Waals surface area contributed by atoms with Gasteiger partial charge in [-0.2, -0.15) is 0 Å². The Bertz CT molecular complexity index is 356. The maximum atomic E-state index is 6.01. The van der Waals surface area contributed by atoms with Crippen molar-refractivity contribution in [2.24, 2.45) is 5.73 Å². The first-order valence-corrected chi connectivity index (χ1v) is 5.15. The molecule has 0 bridgehead atoms. The largest absolute Gasteiger partial charge is 0.324 e. The Morgan fingerprint density at radius 2 is 2.07 bits per heavy atom. The molecule has 1 atom stereocenters. The van der Waals surface area contributed by atoms with Crippen LogP contribution in [0.5, 0.6) is 0 Å². The molecule has 0 aliphatic heterocycles. The summed E-state index contributed by atoms with van der Waals surface area (Å²) in [5.41, 5.74) is 7.77. The second kappa shape index (κ2) is 4.83. The topological polar surface area (TPSA) is 26.0 Å². The third-order valence-electron chi connectivity index (χ3n) is 2.06. The fourth-order valence-corrected chi connectivity index (χ4v) is 1.46. The van der Waals surface area contributed by atoms with Gasteiger partial charge >= 0.3 is 0 Å². The zero-order valence-corrected chi connectivity index (χ0v) is 9.73. The number of halogens is 2. The van der Waals surface area contributed by atoms with Crippen LogP contribution in [0.3, 0.4) is 0 Å². The molecule has 2 N–H and O–H groups in total. The lowest BCUT2D eigenvalue weighted by molar-refractivity contribution is 0.868. The molecule has 0 amide bonds. The minimum absolute atomic E-state index is 0.0433. The minimum atomic E-state index is 0.0433. The summed E-state index contributed by atoms with van der Waals surface area (Å²) < 4.78 is 0. The average molecular weight is 230 g/mol. The van der Waals surface area contributed by atoms with Crippen LogP contribution >= 0.6 is 23.2 Å². The first-order chi connectivity index (χ1) is 6.50. The van der Waals surface area contributed by atoms with Crippen LogP contribution in [0.25, 0.3) is 6.08 Å². The summed E-state index contributed by atoms with van der Waals surface area (Å²) in [6.07, 6.45) is 1.98. The average Bonchev–Trinajstić information content (AvgIpc) is 2.09. The molecule has 0 saturated heterocycles. The van der Waals surface area contributed by atoms with Crippen molar-refractivity contribution in [3.05, 3.63) is 39.4 Å². The maximum absolute atomic E-state index is 6.01. The van der Waals surface area contributed by atoms with Gasteiger partial charge in [0.25, 0.3) is 0 Å². The van der Waals surface area contributed by atoms with Gasteiger partial charge in [0.2, 0.25) is 0 Å². The fraction of sp³-hybridized carbons (Fsp3) is 0.273. The van der Waals surface area contributed by atoms with Crippen molar-refractivity contribution in [1.29, 1.82) is 0 Å². The Hall–Kier alpha value is -0.500. The summed E-state index contributed by atoms with van der Waals surface area (Å²) in [5, 5.41) is 1.29. The second-order valence-corrected chi connectivity index (χ2v) is 4.19. The van der Waals surface area contributed by atoms with E-state index in [4.69, 9.17) is 28.9 Å². The summed E-state index contributed by atoms with van der Waals surface area (Å²) in [6.45, 7) is 3.92. The first kappa shape index (κ1) is 11.6. The van der Waals surface area contributed by atoms with E-state index >= 15 is 0 Å². The normalized spacial score (nSPS) is 14.2. The van der Waals surface area contributed by atoms with E-state index in [-0.39, 0.29) is 6.04 Å². The molecule has 0 aromatic heterocycles. The number of benzene rings is 1. The molecule has 0 aliphatic rings. The zero-order valence-electron chi connectivity index (χ0n) is 8.22. The van der Waals surface area contributed by atoms with Crippen molar-refractivity contribution in [2.75, 3.05) is 0 Å². The third-order valence-corrected chi connectivity index (χ3v) is 2.63. The Morgan fingerprint density at radius 3 is 2.57 bits per heavy atom. The van der Waals surface area contributed by atoms with Crippen LogP contribution in [0.1, 0.15) is 19.4 Å². The van der Waals surface area contributed by atoms with Crippen molar-refractivity contribution in [3.8, 4) is 0 Å². The van der Waals surface area contributed by atoms with Gasteiger partial charge < -0.3 is 5.73 Å². The monoisotopic (exact) mass is 229 g/mol. The smallest absolute Gasteiger partial charge is 0.0493 e. The number of nitrogens with two attached hydrogens (primary N) is 1. The van der Waals surface area contributed by atoms with Crippen LogP contribution in [0.15, 0.2) is 23.8 Å². The van der Waals surface area contributed by atoms with Crippen molar-refractivity contribution in [1.82, 2.24) is 0 Å². The van der Waals surface area contributed by atoms with E-state index in [1.54, 1.807) is 6.07 Å². The lowest BCUT2D eigenvalue weighted by atomic mass is 10.1. The van der Waals surface area contributed by atoms with Gasteiger partial charge in [0.1, 0.15) is 0 Å². The highest BCUT2D eigenvalue weighted by atomic mass is 35.5. The van der Waals surface area contributed by atoms with Crippen molar-refractivity contribution in [2.45, 2.75) is 19.9 Å². The van der Waals surface area contributed by atoms with Gasteiger partial charge in [-0.25, -0.2) is 0 Å². The van der Waals surface area contributed by atoms with E-state index in [0.29, 0.717) is 10.0 Å². The van der Waals surface area contributed by atoms with E-state index in [2.05, 4.69) is 0 Å². The molecule has 3 heteroatoms. The summed E-state index contributed by atoms with van der Waals surface area (Å²) in [4.78, 5) is 0. The minimum Gasteiger partial charge on any atom is -0.324 e. The Morgan fingerprint density at radius 1 is 1.43 bits per heavy atom. The molecule has 0 heterocycles. The molecule has 76 valence electrons. The van der Waals surface area contributed by atoms with Crippen LogP contribution in [-0.2, 0) is 0 Å². The summed E-state index contributed by atoms with van der Waals surface area (Å²) in [6, 6.07) is 5.47. The Labute approximate surface area is 94.5 Å². The van der Waals surface area contributed by atoms with Crippen molar-refractivity contribution < 1.29 is 0 Å². The molecule has 0 radical (unpaired) electrons. The molecule has 0 fully saturated rings. The number of hydrogen-bond acceptors (Lipinski definition) is 1. The predicted molar refractivity (Wildman–Crippen MR) is 63.8 cm³/mol. The lowest BCUT2D eigenvalue weighted by Gasteiger charge is -2.06. The standard InChI is InChI=1S/C11H13Cl2N/c1-7(8(2)14)5-9-3-4-10(12)6-11(9)13/h3-6,8H,14H2,1-2H3/b7-5+. The van der Waals surface area contributed by atoms with Gasteiger partial charge in [-0.1, -0.05) is 40.9 Å². The summed E-state index contributed by atoms with van der Waals surface area (Å²) >= 11 is 11.8.